The van der Waals surface area contributed by atoms with E-state index in [9.17, 15) is 4.79 Å². The fourth-order valence-corrected chi connectivity index (χ4v) is 2.88. The minimum Gasteiger partial charge on any atom is -0.430 e. The van der Waals surface area contributed by atoms with Gasteiger partial charge in [0.1, 0.15) is 29.6 Å². The lowest BCUT2D eigenvalue weighted by Gasteiger charge is -2.26. The second-order valence-electron chi connectivity index (χ2n) is 6.45. The van der Waals surface area contributed by atoms with Gasteiger partial charge in [-0.1, -0.05) is 24.1 Å². The highest BCUT2D eigenvalue weighted by Gasteiger charge is 2.30. The number of fused-ring (bicyclic) bond motifs is 1. The molecule has 150 valence electrons. The first-order valence-corrected chi connectivity index (χ1v) is 8.98. The molecule has 29 heavy (non-hydrogen) atoms. The van der Waals surface area contributed by atoms with Crippen LogP contribution < -0.4 is 10.5 Å². The number of carbonyl (C=O) groups excluding carboxylic acids is 1. The molecule has 3 rings (SSSR count). The Labute approximate surface area is 168 Å². The van der Waals surface area contributed by atoms with Crippen molar-refractivity contribution < 1.29 is 19.0 Å². The summed E-state index contributed by atoms with van der Waals surface area (Å²) in [6, 6.07) is 10.5. The highest BCUT2D eigenvalue weighted by Crippen LogP contribution is 2.22. The van der Waals surface area contributed by atoms with Crippen LogP contribution in [0.4, 0.5) is 10.6 Å². The molecule has 8 nitrogen and oxygen atoms in total. The molecule has 1 aromatic carbocycles. The molecule has 2 N–H and O–H groups in total. The van der Waals surface area contributed by atoms with Gasteiger partial charge < -0.3 is 24.5 Å². The molecule has 0 aliphatic carbocycles. The summed E-state index contributed by atoms with van der Waals surface area (Å²) in [6.45, 7) is 2.11. The van der Waals surface area contributed by atoms with Crippen LogP contribution in [0.2, 0.25) is 0 Å². The van der Waals surface area contributed by atoms with Gasteiger partial charge in [0.15, 0.2) is 5.60 Å². The maximum absolute atomic E-state index is 12.0. The quantitative estimate of drug-likeness (QED) is 0.373. The molecule has 0 radical (unpaired) electrons. The topological polar surface area (TPSA) is 101 Å². The van der Waals surface area contributed by atoms with Crippen LogP contribution in [0.1, 0.15) is 12.2 Å². The number of rotatable bonds is 7. The Morgan fingerprint density at radius 1 is 1.28 bits per heavy atom. The van der Waals surface area contributed by atoms with E-state index >= 15 is 0 Å². The highest BCUT2D eigenvalue weighted by molar-refractivity contribution is 5.86. The number of nitrogens with zero attached hydrogens (tertiary/aromatic N) is 3. The van der Waals surface area contributed by atoms with Crippen LogP contribution in [-0.4, -0.2) is 40.0 Å². The Balaban J connectivity index is 1.66. The highest BCUT2D eigenvalue weighted by atomic mass is 16.7. The zero-order chi connectivity index (χ0) is 20.9. The predicted molar refractivity (Wildman–Crippen MR) is 108 cm³/mol. The number of para-hydroxylation sites is 1. The van der Waals surface area contributed by atoms with Crippen LogP contribution >= 0.6 is 0 Å². The molecule has 1 unspecified atom stereocenters. The lowest BCUT2D eigenvalue weighted by molar-refractivity contribution is -0.0299. The third-order valence-electron chi connectivity index (χ3n) is 4.54. The lowest BCUT2D eigenvalue weighted by Crippen LogP contribution is -2.38. The molecule has 2 heterocycles. The molecule has 1 atom stereocenters. The molecule has 0 aliphatic heterocycles. The summed E-state index contributed by atoms with van der Waals surface area (Å²) in [4.78, 5) is 20.6. The molecule has 3 aromatic rings. The summed E-state index contributed by atoms with van der Waals surface area (Å²) in [6.07, 6.45) is 7.08. The van der Waals surface area contributed by atoms with Crippen LogP contribution in [0.25, 0.3) is 11.0 Å². The summed E-state index contributed by atoms with van der Waals surface area (Å²) in [5.41, 5.74) is 5.55. The van der Waals surface area contributed by atoms with Gasteiger partial charge in [0.05, 0.1) is 5.39 Å². The molecule has 8 heteroatoms. The van der Waals surface area contributed by atoms with E-state index in [4.69, 9.17) is 26.4 Å². The number of ether oxygens (including phenoxy) is 3. The number of aromatic nitrogens is 3. The van der Waals surface area contributed by atoms with Gasteiger partial charge in [-0.15, -0.1) is 6.42 Å². The molecule has 0 aliphatic rings. The number of carbonyl (C=O) groups is 1. The zero-order valence-corrected chi connectivity index (χ0v) is 16.3. The molecule has 0 amide bonds. The molecule has 0 fully saturated rings. The normalized spacial score (nSPS) is 12.9. The van der Waals surface area contributed by atoms with Gasteiger partial charge in [-0.3, -0.25) is 0 Å². The number of aryl methyl sites for hydroxylation is 2. The van der Waals surface area contributed by atoms with Crippen molar-refractivity contribution in [2.75, 3.05) is 19.5 Å². The first-order valence-electron chi connectivity index (χ1n) is 8.98. The van der Waals surface area contributed by atoms with Gasteiger partial charge in [0.2, 0.25) is 0 Å². The van der Waals surface area contributed by atoms with Crippen molar-refractivity contribution >= 4 is 23.0 Å². The van der Waals surface area contributed by atoms with Gasteiger partial charge in [-0.2, -0.15) is 0 Å². The van der Waals surface area contributed by atoms with Crippen molar-refractivity contribution in [3.05, 3.63) is 48.4 Å². The van der Waals surface area contributed by atoms with Crippen molar-refractivity contribution in [3.63, 3.8) is 0 Å². The number of nitrogens with two attached hydrogens (primary N) is 1. The van der Waals surface area contributed by atoms with E-state index in [1.54, 1.807) is 31.2 Å². The van der Waals surface area contributed by atoms with Gasteiger partial charge in [0.25, 0.3) is 0 Å². The van der Waals surface area contributed by atoms with Gasteiger partial charge in [-0.05, 0) is 25.1 Å². The number of hydrogen-bond acceptors (Lipinski definition) is 7. The second kappa shape index (κ2) is 8.63. The molecule has 0 saturated heterocycles. The van der Waals surface area contributed by atoms with Crippen LogP contribution in [0.15, 0.2) is 42.6 Å². The molecule has 0 bridgehead atoms. The summed E-state index contributed by atoms with van der Waals surface area (Å²) in [5.74, 6) is 3.98. The molecule has 0 saturated carbocycles. The Kier molecular flexibility index (Phi) is 6.00. The zero-order valence-electron chi connectivity index (χ0n) is 16.3. The summed E-state index contributed by atoms with van der Waals surface area (Å²) >= 11 is 0. The Morgan fingerprint density at radius 2 is 2.03 bits per heavy atom. The third-order valence-corrected chi connectivity index (χ3v) is 4.54. The largest absolute Gasteiger partial charge is 0.513 e. The van der Waals surface area contributed by atoms with E-state index < -0.39 is 11.8 Å². The fourth-order valence-electron chi connectivity index (χ4n) is 2.88. The Bertz CT molecular complexity index is 1040. The lowest BCUT2D eigenvalue weighted by atomic mass is 10.0. The molecular weight excluding hydrogens is 372 g/mol. The standard InChI is InChI=1S/C21H22N4O4/c1-4-21(27-3,14-28-20(26)29-16-8-6-5-7-9-16)11-13-25-12-10-17-18(22)23-15(2)24-19(17)25/h1,5-10,12H,11,13-14H2,2-3H3,(H2,22,23,24). The van der Waals surface area contributed by atoms with Crippen molar-refractivity contribution in [3.8, 4) is 18.1 Å². The summed E-state index contributed by atoms with van der Waals surface area (Å²) in [5, 5.41) is 0.766. The number of nitrogen functional groups attached to an aromatic ring is 1. The SMILES string of the molecule is C#CC(CCn1ccc2c(N)nc(C)nc21)(COC(=O)Oc1ccccc1)OC. The monoisotopic (exact) mass is 394 g/mol. The number of hydrogen-bond donors (Lipinski definition) is 1. The van der Waals surface area contributed by atoms with Crippen LogP contribution in [0.5, 0.6) is 5.75 Å². The molecule has 0 spiro atoms. The van der Waals surface area contributed by atoms with E-state index in [1.807, 2.05) is 22.9 Å². The van der Waals surface area contributed by atoms with Gasteiger partial charge in [-0.25, -0.2) is 14.8 Å². The first-order chi connectivity index (χ1) is 14.0. The fraction of sp³-hybridized carbons (Fsp3) is 0.286. The van der Waals surface area contributed by atoms with E-state index in [-0.39, 0.29) is 6.61 Å². The minimum absolute atomic E-state index is 0.152. The van der Waals surface area contributed by atoms with E-state index in [2.05, 4.69) is 15.9 Å². The van der Waals surface area contributed by atoms with Crippen LogP contribution in [0, 0.1) is 19.3 Å². The minimum atomic E-state index is -1.11. The average molecular weight is 394 g/mol. The van der Waals surface area contributed by atoms with E-state index in [1.165, 1.54) is 7.11 Å². The molecular formula is C21H22N4O4. The Morgan fingerprint density at radius 3 is 2.72 bits per heavy atom. The summed E-state index contributed by atoms with van der Waals surface area (Å²) < 4.78 is 17.7. The molecule has 2 aromatic heterocycles. The number of methoxy groups -OCH3 is 1. The smallest absolute Gasteiger partial charge is 0.430 e. The van der Waals surface area contributed by atoms with Crippen molar-refractivity contribution in [1.29, 1.82) is 0 Å². The van der Waals surface area contributed by atoms with E-state index in [0.29, 0.717) is 36.0 Å². The van der Waals surface area contributed by atoms with E-state index in [0.717, 1.165) is 5.39 Å². The average Bonchev–Trinajstić information content (AvgIpc) is 3.13. The third kappa shape index (κ3) is 4.65. The number of benzene rings is 1. The van der Waals surface area contributed by atoms with Crippen LogP contribution in [-0.2, 0) is 16.0 Å². The Hall–Kier alpha value is -3.57. The number of terminal acetylenes is 1. The first kappa shape index (κ1) is 20.2. The predicted octanol–water partition coefficient (Wildman–Crippen LogP) is 2.95. The number of anilines is 1. The van der Waals surface area contributed by atoms with Crippen molar-refractivity contribution in [2.45, 2.75) is 25.5 Å². The maximum atomic E-state index is 12.0. The summed E-state index contributed by atoms with van der Waals surface area (Å²) in [7, 11) is 1.48. The van der Waals surface area contributed by atoms with Crippen molar-refractivity contribution in [2.24, 2.45) is 0 Å². The van der Waals surface area contributed by atoms with Gasteiger partial charge >= 0.3 is 6.16 Å². The second-order valence-corrected chi connectivity index (χ2v) is 6.45. The van der Waals surface area contributed by atoms with Gasteiger partial charge in [0, 0.05) is 26.3 Å². The van der Waals surface area contributed by atoms with Crippen LogP contribution in [0.3, 0.4) is 0 Å². The maximum Gasteiger partial charge on any atom is 0.513 e. The van der Waals surface area contributed by atoms with Crippen molar-refractivity contribution in [1.82, 2.24) is 14.5 Å².